The van der Waals surface area contributed by atoms with Crippen LogP contribution in [0.3, 0.4) is 0 Å². The number of amides is 1. The number of benzene rings is 1. The van der Waals surface area contributed by atoms with Crippen LogP contribution in [0.5, 0.6) is 5.75 Å². The summed E-state index contributed by atoms with van der Waals surface area (Å²) in [5, 5.41) is 5.87. The summed E-state index contributed by atoms with van der Waals surface area (Å²) < 4.78 is 20.7. The lowest BCUT2D eigenvalue weighted by atomic mass is 9.99. The first-order valence-corrected chi connectivity index (χ1v) is 8.79. The Labute approximate surface area is 146 Å². The molecule has 0 spiro atoms. The van der Waals surface area contributed by atoms with Crippen molar-refractivity contribution in [2.75, 3.05) is 19.0 Å². The Morgan fingerprint density at radius 3 is 3.00 bits per heavy atom. The van der Waals surface area contributed by atoms with E-state index in [0.717, 1.165) is 21.5 Å². The Balaban J connectivity index is 1.91. The summed E-state index contributed by atoms with van der Waals surface area (Å²) >= 11 is 4.71. The van der Waals surface area contributed by atoms with E-state index in [2.05, 4.69) is 26.6 Å². The quantitative estimate of drug-likeness (QED) is 0.824. The summed E-state index contributed by atoms with van der Waals surface area (Å²) in [6.07, 6.45) is 0.623. The molecule has 23 heavy (non-hydrogen) atoms. The Bertz CT molecular complexity index is 776. The van der Waals surface area contributed by atoms with Crippen LogP contribution in [0.15, 0.2) is 16.6 Å². The highest BCUT2D eigenvalue weighted by atomic mass is 79.9. The van der Waals surface area contributed by atoms with Crippen molar-refractivity contribution in [3.8, 4) is 5.75 Å². The second kappa shape index (κ2) is 6.59. The SMILES string of the molecule is COc1c(C(=O)Nc2ccc3c(c2F)CCNC3)sc(C)c1Br. The van der Waals surface area contributed by atoms with Crippen molar-refractivity contribution >= 4 is 38.9 Å². The van der Waals surface area contributed by atoms with Gasteiger partial charge in [-0.1, -0.05) is 6.07 Å². The van der Waals surface area contributed by atoms with Gasteiger partial charge in [-0.25, -0.2) is 4.39 Å². The molecule has 2 aromatic rings. The van der Waals surface area contributed by atoms with Gasteiger partial charge in [-0.05, 0) is 53.0 Å². The molecule has 0 atom stereocenters. The number of thiophene rings is 1. The van der Waals surface area contributed by atoms with E-state index in [1.165, 1.54) is 18.4 Å². The molecule has 1 aromatic heterocycles. The van der Waals surface area contributed by atoms with Gasteiger partial charge in [0.1, 0.15) is 10.7 Å². The lowest BCUT2D eigenvalue weighted by Crippen LogP contribution is -2.25. The number of carbonyl (C=O) groups is 1. The number of hydrogen-bond donors (Lipinski definition) is 2. The predicted molar refractivity (Wildman–Crippen MR) is 93.1 cm³/mol. The Kier molecular flexibility index (Phi) is 4.70. The van der Waals surface area contributed by atoms with E-state index >= 15 is 0 Å². The van der Waals surface area contributed by atoms with Crippen LogP contribution < -0.4 is 15.4 Å². The first-order valence-electron chi connectivity index (χ1n) is 7.18. The van der Waals surface area contributed by atoms with Crippen molar-refractivity contribution in [1.82, 2.24) is 5.32 Å². The molecule has 1 amide bonds. The topological polar surface area (TPSA) is 50.4 Å². The smallest absolute Gasteiger partial charge is 0.269 e. The molecule has 0 fully saturated rings. The van der Waals surface area contributed by atoms with Crippen LogP contribution >= 0.6 is 27.3 Å². The van der Waals surface area contributed by atoms with Crippen LogP contribution in [0.2, 0.25) is 0 Å². The van der Waals surface area contributed by atoms with E-state index in [0.29, 0.717) is 29.2 Å². The Hall–Kier alpha value is -1.44. The van der Waals surface area contributed by atoms with Crippen molar-refractivity contribution in [3.63, 3.8) is 0 Å². The highest BCUT2D eigenvalue weighted by Crippen LogP contribution is 2.39. The lowest BCUT2D eigenvalue weighted by molar-refractivity contribution is 0.102. The minimum atomic E-state index is -0.367. The van der Waals surface area contributed by atoms with E-state index in [1.54, 1.807) is 6.07 Å². The second-order valence-corrected chi connectivity index (χ2v) is 7.30. The molecule has 1 aliphatic rings. The number of rotatable bonds is 3. The molecule has 1 aromatic carbocycles. The van der Waals surface area contributed by atoms with E-state index in [-0.39, 0.29) is 17.4 Å². The Morgan fingerprint density at radius 2 is 2.26 bits per heavy atom. The monoisotopic (exact) mass is 398 g/mol. The third-order valence-electron chi connectivity index (χ3n) is 3.84. The third kappa shape index (κ3) is 3.00. The summed E-state index contributed by atoms with van der Waals surface area (Å²) in [4.78, 5) is 13.9. The second-order valence-electron chi connectivity index (χ2n) is 5.28. The van der Waals surface area contributed by atoms with E-state index in [4.69, 9.17) is 4.74 Å². The summed E-state index contributed by atoms with van der Waals surface area (Å²) in [5.41, 5.74) is 1.83. The van der Waals surface area contributed by atoms with Gasteiger partial charge < -0.3 is 15.4 Å². The number of fused-ring (bicyclic) bond motifs is 1. The van der Waals surface area contributed by atoms with Crippen LogP contribution in [-0.4, -0.2) is 19.6 Å². The lowest BCUT2D eigenvalue weighted by Gasteiger charge is -2.19. The number of hydrogen-bond acceptors (Lipinski definition) is 4. The first kappa shape index (κ1) is 16.4. The fourth-order valence-electron chi connectivity index (χ4n) is 2.64. The maximum absolute atomic E-state index is 14.6. The normalized spacial score (nSPS) is 13.6. The van der Waals surface area contributed by atoms with Gasteiger partial charge in [-0.2, -0.15) is 0 Å². The van der Waals surface area contributed by atoms with Crippen molar-refractivity contribution < 1.29 is 13.9 Å². The van der Waals surface area contributed by atoms with Crippen LogP contribution in [0.4, 0.5) is 10.1 Å². The molecule has 3 rings (SSSR count). The molecule has 0 radical (unpaired) electrons. The fourth-order valence-corrected chi connectivity index (χ4v) is 4.29. The van der Waals surface area contributed by atoms with Gasteiger partial charge in [-0.3, -0.25) is 4.79 Å². The maximum Gasteiger partial charge on any atom is 0.269 e. The summed E-state index contributed by atoms with van der Waals surface area (Å²) in [7, 11) is 1.51. The summed E-state index contributed by atoms with van der Waals surface area (Å²) in [6, 6.07) is 3.47. The zero-order chi connectivity index (χ0) is 16.6. The highest BCUT2D eigenvalue weighted by molar-refractivity contribution is 9.10. The minimum absolute atomic E-state index is 0.208. The molecule has 7 heteroatoms. The predicted octanol–water partition coefficient (Wildman–Crippen LogP) is 3.86. The molecule has 0 saturated carbocycles. The summed E-state index contributed by atoms with van der Waals surface area (Å²) in [6.45, 7) is 3.29. The van der Waals surface area contributed by atoms with Crippen molar-refractivity contribution in [2.24, 2.45) is 0 Å². The third-order valence-corrected chi connectivity index (χ3v) is 6.14. The Morgan fingerprint density at radius 1 is 1.48 bits per heavy atom. The molecule has 2 N–H and O–H groups in total. The van der Waals surface area contributed by atoms with Gasteiger partial charge in [-0.15, -0.1) is 11.3 Å². The summed E-state index contributed by atoms with van der Waals surface area (Å²) in [5.74, 6) is -0.232. The number of aryl methyl sites for hydroxylation is 1. The largest absolute Gasteiger partial charge is 0.494 e. The average Bonchev–Trinajstić information content (AvgIpc) is 2.85. The number of methoxy groups -OCH3 is 1. The van der Waals surface area contributed by atoms with Gasteiger partial charge in [0.25, 0.3) is 5.91 Å². The van der Waals surface area contributed by atoms with Crippen LogP contribution in [0, 0.1) is 12.7 Å². The van der Waals surface area contributed by atoms with Gasteiger partial charge in [0.2, 0.25) is 0 Å². The van der Waals surface area contributed by atoms with Crippen molar-refractivity contribution in [1.29, 1.82) is 0 Å². The van der Waals surface area contributed by atoms with E-state index in [1.807, 2.05) is 13.0 Å². The van der Waals surface area contributed by atoms with Gasteiger partial charge in [0, 0.05) is 11.4 Å². The molecule has 0 unspecified atom stereocenters. The number of nitrogens with one attached hydrogen (secondary N) is 2. The van der Waals surface area contributed by atoms with E-state index in [9.17, 15) is 9.18 Å². The van der Waals surface area contributed by atoms with Crippen molar-refractivity contribution in [3.05, 3.63) is 43.3 Å². The van der Waals surface area contributed by atoms with Gasteiger partial charge in [0.15, 0.2) is 5.75 Å². The molecule has 0 bridgehead atoms. The molecule has 122 valence electrons. The molecule has 0 aliphatic carbocycles. The zero-order valence-electron chi connectivity index (χ0n) is 12.8. The minimum Gasteiger partial charge on any atom is -0.494 e. The average molecular weight is 399 g/mol. The van der Waals surface area contributed by atoms with Crippen LogP contribution in [0.25, 0.3) is 0 Å². The van der Waals surface area contributed by atoms with Crippen LogP contribution in [-0.2, 0) is 13.0 Å². The molecule has 0 saturated heterocycles. The highest BCUT2D eigenvalue weighted by Gasteiger charge is 2.23. The molecule has 1 aliphatic heterocycles. The number of anilines is 1. The number of carbonyl (C=O) groups excluding carboxylic acids is 1. The maximum atomic E-state index is 14.6. The standard InChI is InChI=1S/C16H16BrFN2O2S/c1-8-12(17)14(22-2)15(23-8)16(21)20-11-4-3-9-7-19-6-5-10(9)13(11)18/h3-4,19H,5-7H2,1-2H3,(H,20,21). The van der Waals surface area contributed by atoms with Crippen molar-refractivity contribution in [2.45, 2.75) is 19.9 Å². The first-order chi connectivity index (χ1) is 11.0. The molecular formula is C16H16BrFN2O2S. The molecule has 2 heterocycles. The number of halogens is 2. The fraction of sp³-hybridized carbons (Fsp3) is 0.312. The van der Waals surface area contributed by atoms with Gasteiger partial charge in [0.05, 0.1) is 17.3 Å². The van der Waals surface area contributed by atoms with Crippen LogP contribution in [0.1, 0.15) is 25.7 Å². The van der Waals surface area contributed by atoms with E-state index < -0.39 is 0 Å². The molecular weight excluding hydrogens is 383 g/mol. The molecule has 4 nitrogen and oxygen atoms in total. The number of ether oxygens (including phenoxy) is 1. The van der Waals surface area contributed by atoms with Gasteiger partial charge >= 0.3 is 0 Å². The zero-order valence-corrected chi connectivity index (χ0v) is 15.2.